The highest BCUT2D eigenvalue weighted by Gasteiger charge is 2.17. The number of hydrogen-bond acceptors (Lipinski definition) is 5. The van der Waals surface area contributed by atoms with Crippen molar-refractivity contribution in [2.24, 2.45) is 5.73 Å². The number of nitrogens with two attached hydrogens (primary N) is 1. The summed E-state index contributed by atoms with van der Waals surface area (Å²) in [6, 6.07) is 20.3. The molecule has 0 aliphatic carbocycles. The summed E-state index contributed by atoms with van der Waals surface area (Å²) >= 11 is 14.0. The standard InChI is InChI=1S/C27H26Cl2N6OS/c28-21-11-10-20(15-22(21)29)35-26(16-23(34-35)19-8-4-12-32-17-19)37-13-5-9-25(36)33-24(27(30)31)14-18-6-2-1-3-7-18/h1-4,6-8,10-12,15-17,24H,5,9,13-14H2,(H3,30,31)(H,33,36)/t24-/m0/s1. The van der Waals surface area contributed by atoms with Crippen LogP contribution in [-0.4, -0.2) is 38.3 Å². The number of nitrogens with zero attached hydrogens (tertiary/aromatic N) is 3. The van der Waals surface area contributed by atoms with Gasteiger partial charge in [0, 0.05) is 24.4 Å². The Balaban J connectivity index is 1.40. The van der Waals surface area contributed by atoms with Gasteiger partial charge in [0.15, 0.2) is 0 Å². The Hall–Kier alpha value is -3.33. The first-order valence-electron chi connectivity index (χ1n) is 11.7. The minimum atomic E-state index is -0.527. The molecule has 10 heteroatoms. The molecule has 0 aliphatic rings. The number of benzene rings is 2. The summed E-state index contributed by atoms with van der Waals surface area (Å²) in [5.41, 5.74) is 9.22. The lowest BCUT2D eigenvalue weighted by Crippen LogP contribution is -2.45. The Morgan fingerprint density at radius 3 is 2.59 bits per heavy atom. The number of thioether (sulfide) groups is 1. The van der Waals surface area contributed by atoms with Crippen molar-refractivity contribution in [2.45, 2.75) is 30.3 Å². The molecule has 4 aromatic rings. The van der Waals surface area contributed by atoms with Gasteiger partial charge in [-0.25, -0.2) is 4.68 Å². The molecule has 7 nitrogen and oxygen atoms in total. The number of halogens is 2. The average Bonchev–Trinajstić information content (AvgIpc) is 3.33. The second-order valence-electron chi connectivity index (χ2n) is 8.34. The Labute approximate surface area is 229 Å². The summed E-state index contributed by atoms with van der Waals surface area (Å²) in [6.07, 6.45) is 4.93. The molecule has 2 aromatic heterocycles. The first-order chi connectivity index (χ1) is 17.9. The van der Waals surface area contributed by atoms with E-state index in [9.17, 15) is 4.79 Å². The molecule has 0 aliphatic heterocycles. The third-order valence-corrected chi connectivity index (χ3v) is 7.39. The van der Waals surface area contributed by atoms with Crippen molar-refractivity contribution in [3.05, 3.63) is 94.7 Å². The van der Waals surface area contributed by atoms with Crippen molar-refractivity contribution in [2.75, 3.05) is 5.75 Å². The van der Waals surface area contributed by atoms with E-state index < -0.39 is 6.04 Å². The number of nitrogens with one attached hydrogen (secondary N) is 2. The normalized spacial score (nSPS) is 11.7. The Morgan fingerprint density at radius 2 is 1.89 bits per heavy atom. The number of rotatable bonds is 11. The minimum absolute atomic E-state index is 0.0555. The summed E-state index contributed by atoms with van der Waals surface area (Å²) in [5, 5.41) is 17.3. The van der Waals surface area contributed by atoms with Gasteiger partial charge in [0.1, 0.15) is 10.9 Å². The van der Waals surface area contributed by atoms with E-state index in [2.05, 4.69) is 10.3 Å². The largest absolute Gasteiger partial charge is 0.386 e. The SMILES string of the molecule is N=C(N)[C@H](Cc1ccccc1)NC(=O)CCCSc1cc(-c2cccnc2)nn1-c1ccc(Cl)c(Cl)c1. The zero-order valence-electron chi connectivity index (χ0n) is 19.9. The molecule has 2 heterocycles. The predicted octanol–water partition coefficient (Wildman–Crippen LogP) is 5.78. The summed E-state index contributed by atoms with van der Waals surface area (Å²) < 4.78 is 1.82. The Bertz CT molecular complexity index is 1360. The molecule has 37 heavy (non-hydrogen) atoms. The molecule has 0 saturated carbocycles. The van der Waals surface area contributed by atoms with Crippen LogP contribution in [-0.2, 0) is 11.2 Å². The van der Waals surface area contributed by atoms with Crippen molar-refractivity contribution in [3.63, 3.8) is 0 Å². The van der Waals surface area contributed by atoms with Crippen LogP contribution in [0.1, 0.15) is 18.4 Å². The van der Waals surface area contributed by atoms with Gasteiger partial charge in [-0.2, -0.15) is 5.10 Å². The molecule has 0 saturated heterocycles. The lowest BCUT2D eigenvalue weighted by molar-refractivity contribution is -0.121. The Kier molecular flexibility index (Phi) is 9.22. The minimum Gasteiger partial charge on any atom is -0.386 e. The van der Waals surface area contributed by atoms with Crippen molar-refractivity contribution in [1.29, 1.82) is 5.41 Å². The molecule has 4 rings (SSSR count). The molecule has 1 atom stereocenters. The lowest BCUT2D eigenvalue weighted by Gasteiger charge is -2.17. The molecule has 0 radical (unpaired) electrons. The van der Waals surface area contributed by atoms with Crippen LogP contribution in [0.4, 0.5) is 0 Å². The van der Waals surface area contributed by atoms with Gasteiger partial charge in [-0.05, 0) is 60.6 Å². The van der Waals surface area contributed by atoms with E-state index in [0.29, 0.717) is 35.1 Å². The quantitative estimate of drug-likeness (QED) is 0.0945. The highest BCUT2D eigenvalue weighted by atomic mass is 35.5. The number of pyridine rings is 1. The molecule has 0 fully saturated rings. The van der Waals surface area contributed by atoms with E-state index in [1.807, 2.05) is 59.3 Å². The third kappa shape index (κ3) is 7.35. The second kappa shape index (κ2) is 12.8. The Morgan fingerprint density at radius 1 is 1.08 bits per heavy atom. The van der Waals surface area contributed by atoms with Gasteiger partial charge < -0.3 is 11.1 Å². The molecule has 190 valence electrons. The second-order valence-corrected chi connectivity index (χ2v) is 10.3. The van der Waals surface area contributed by atoms with Crippen molar-refractivity contribution in [1.82, 2.24) is 20.1 Å². The van der Waals surface area contributed by atoms with Crippen LogP contribution in [0.5, 0.6) is 0 Å². The van der Waals surface area contributed by atoms with Gasteiger partial charge >= 0.3 is 0 Å². The first kappa shape index (κ1) is 26.7. The maximum Gasteiger partial charge on any atom is 0.220 e. The monoisotopic (exact) mass is 552 g/mol. The lowest BCUT2D eigenvalue weighted by atomic mass is 10.1. The number of hydrogen-bond donors (Lipinski definition) is 3. The maximum absolute atomic E-state index is 12.6. The van der Waals surface area contributed by atoms with Crippen LogP contribution < -0.4 is 11.1 Å². The number of aromatic nitrogens is 3. The molecule has 0 unspecified atom stereocenters. The van der Waals surface area contributed by atoms with Crippen LogP contribution in [0, 0.1) is 5.41 Å². The zero-order valence-corrected chi connectivity index (χ0v) is 22.2. The molecule has 4 N–H and O–H groups in total. The maximum atomic E-state index is 12.6. The van der Waals surface area contributed by atoms with E-state index >= 15 is 0 Å². The van der Waals surface area contributed by atoms with E-state index in [1.54, 1.807) is 36.3 Å². The number of carbonyl (C=O) groups excluding carboxylic acids is 1. The van der Waals surface area contributed by atoms with Crippen LogP contribution in [0.15, 0.2) is 84.1 Å². The van der Waals surface area contributed by atoms with Crippen molar-refractivity contribution >= 4 is 46.7 Å². The zero-order chi connectivity index (χ0) is 26.2. The smallest absolute Gasteiger partial charge is 0.220 e. The molecule has 2 aromatic carbocycles. The van der Waals surface area contributed by atoms with E-state index in [-0.39, 0.29) is 11.7 Å². The summed E-state index contributed by atoms with van der Waals surface area (Å²) in [6.45, 7) is 0. The van der Waals surface area contributed by atoms with E-state index in [0.717, 1.165) is 27.5 Å². The third-order valence-electron chi connectivity index (χ3n) is 5.57. The molecular weight excluding hydrogens is 527 g/mol. The van der Waals surface area contributed by atoms with Gasteiger partial charge in [-0.1, -0.05) is 53.5 Å². The van der Waals surface area contributed by atoms with E-state index in [4.69, 9.17) is 39.4 Å². The van der Waals surface area contributed by atoms with Crippen LogP contribution in [0.3, 0.4) is 0 Å². The molecular formula is C27H26Cl2N6OS. The average molecular weight is 554 g/mol. The van der Waals surface area contributed by atoms with E-state index in [1.165, 1.54) is 0 Å². The van der Waals surface area contributed by atoms with Crippen LogP contribution in [0.2, 0.25) is 10.0 Å². The van der Waals surface area contributed by atoms with Gasteiger partial charge in [-0.15, -0.1) is 11.8 Å². The van der Waals surface area contributed by atoms with Crippen LogP contribution in [0.25, 0.3) is 16.9 Å². The fraction of sp³-hybridized carbons (Fsp3) is 0.185. The van der Waals surface area contributed by atoms with Gasteiger partial charge in [-0.3, -0.25) is 15.2 Å². The fourth-order valence-electron chi connectivity index (χ4n) is 3.69. The first-order valence-corrected chi connectivity index (χ1v) is 13.4. The van der Waals surface area contributed by atoms with Gasteiger partial charge in [0.2, 0.25) is 5.91 Å². The summed E-state index contributed by atoms with van der Waals surface area (Å²) in [5.74, 6) is 0.502. The van der Waals surface area contributed by atoms with Crippen molar-refractivity contribution < 1.29 is 4.79 Å². The van der Waals surface area contributed by atoms with Gasteiger partial charge in [0.25, 0.3) is 0 Å². The predicted molar refractivity (Wildman–Crippen MR) is 151 cm³/mol. The summed E-state index contributed by atoms with van der Waals surface area (Å²) in [4.78, 5) is 16.8. The molecule has 0 spiro atoms. The van der Waals surface area contributed by atoms with Crippen LogP contribution >= 0.6 is 35.0 Å². The highest BCUT2D eigenvalue weighted by molar-refractivity contribution is 7.99. The highest BCUT2D eigenvalue weighted by Crippen LogP contribution is 2.31. The topological polar surface area (TPSA) is 110 Å². The number of carbonyl (C=O) groups is 1. The molecule has 0 bridgehead atoms. The molecule has 1 amide bonds. The summed E-state index contributed by atoms with van der Waals surface area (Å²) in [7, 11) is 0. The number of amidine groups is 1. The number of amides is 1. The van der Waals surface area contributed by atoms with Crippen molar-refractivity contribution in [3.8, 4) is 16.9 Å². The fourth-order valence-corrected chi connectivity index (χ4v) is 4.94. The van der Waals surface area contributed by atoms with Gasteiger partial charge in [0.05, 0.1) is 27.5 Å².